The molecule has 102 valence electrons. The molecule has 4 heteroatoms. The van der Waals surface area contributed by atoms with Crippen LogP contribution in [0.15, 0.2) is 31.7 Å². The van der Waals surface area contributed by atoms with Crippen LogP contribution in [0.3, 0.4) is 0 Å². The highest BCUT2D eigenvalue weighted by Gasteiger charge is 2.13. The molecule has 0 aromatic heterocycles. The molecule has 1 rings (SSSR count). The molecule has 0 radical (unpaired) electrons. The van der Waals surface area contributed by atoms with E-state index in [1.807, 2.05) is 47.0 Å². The average Bonchev–Trinajstić information content (AvgIpc) is 2.37. The maximum absolute atomic E-state index is 2.31. The summed E-state index contributed by atoms with van der Waals surface area (Å²) in [4.78, 5) is 5.94. The van der Waals surface area contributed by atoms with Crippen molar-refractivity contribution >= 4 is 47.0 Å². The molecular formula is C14H22S4. The Hall–Kier alpha value is 0.620. The van der Waals surface area contributed by atoms with Crippen LogP contribution in [0, 0.1) is 0 Å². The van der Waals surface area contributed by atoms with E-state index < -0.39 is 0 Å². The zero-order valence-electron chi connectivity index (χ0n) is 11.6. The Morgan fingerprint density at radius 2 is 0.944 bits per heavy atom. The molecule has 0 unspecified atom stereocenters. The molecule has 0 N–H and O–H groups in total. The molecule has 0 amide bonds. The highest BCUT2D eigenvalue weighted by molar-refractivity contribution is 8.04. The molecule has 0 spiro atoms. The SMILES string of the molecule is CCSc1ccc(SCC)c(SCC)c1SCC. The van der Waals surface area contributed by atoms with Crippen LogP contribution in [-0.4, -0.2) is 23.0 Å². The fraction of sp³-hybridized carbons (Fsp3) is 0.571. The lowest BCUT2D eigenvalue weighted by atomic mass is 10.3. The molecule has 0 nitrogen and oxygen atoms in total. The van der Waals surface area contributed by atoms with Gasteiger partial charge in [-0.05, 0) is 35.1 Å². The Kier molecular flexibility index (Phi) is 8.81. The quantitative estimate of drug-likeness (QED) is 0.528. The van der Waals surface area contributed by atoms with Gasteiger partial charge >= 0.3 is 0 Å². The van der Waals surface area contributed by atoms with E-state index in [9.17, 15) is 0 Å². The van der Waals surface area contributed by atoms with Crippen molar-refractivity contribution in [3.8, 4) is 0 Å². The standard InChI is InChI=1S/C14H22S4/c1-5-15-11-9-10-12(16-6-2)14(18-8-4)13(11)17-7-3/h9-10H,5-8H2,1-4H3. The largest absolute Gasteiger partial charge is 0.125 e. The first-order chi connectivity index (χ1) is 8.78. The first-order valence-corrected chi connectivity index (χ1v) is 10.4. The lowest BCUT2D eigenvalue weighted by molar-refractivity contribution is 1.03. The summed E-state index contributed by atoms with van der Waals surface area (Å²) in [6, 6.07) is 4.62. The Balaban J connectivity index is 3.19. The van der Waals surface area contributed by atoms with Gasteiger partial charge in [-0.1, -0.05) is 27.7 Å². The summed E-state index contributed by atoms with van der Waals surface area (Å²) in [6.45, 7) is 8.94. The topological polar surface area (TPSA) is 0 Å². The molecule has 18 heavy (non-hydrogen) atoms. The average molecular weight is 319 g/mol. The predicted octanol–water partition coefficient (Wildman–Crippen LogP) is 6.13. The highest BCUT2D eigenvalue weighted by atomic mass is 32.2. The van der Waals surface area contributed by atoms with Crippen LogP contribution < -0.4 is 0 Å². The van der Waals surface area contributed by atoms with Gasteiger partial charge in [0.05, 0.1) is 0 Å². The molecule has 0 saturated heterocycles. The van der Waals surface area contributed by atoms with Gasteiger partial charge in [-0.2, -0.15) is 0 Å². The van der Waals surface area contributed by atoms with Gasteiger partial charge in [0.25, 0.3) is 0 Å². The smallest absolute Gasteiger partial charge is 0.0355 e. The second kappa shape index (κ2) is 9.51. The maximum atomic E-state index is 2.31. The highest BCUT2D eigenvalue weighted by Crippen LogP contribution is 2.43. The first kappa shape index (κ1) is 16.7. The van der Waals surface area contributed by atoms with Crippen LogP contribution in [0.25, 0.3) is 0 Å². The monoisotopic (exact) mass is 318 g/mol. The van der Waals surface area contributed by atoms with Crippen molar-refractivity contribution in [1.29, 1.82) is 0 Å². The minimum absolute atomic E-state index is 1.15. The maximum Gasteiger partial charge on any atom is 0.0355 e. The fourth-order valence-corrected chi connectivity index (χ4v) is 5.71. The molecule has 0 heterocycles. The third-order valence-corrected chi connectivity index (χ3v) is 6.49. The minimum Gasteiger partial charge on any atom is -0.125 e. The molecule has 0 fully saturated rings. The molecular weight excluding hydrogens is 296 g/mol. The van der Waals surface area contributed by atoms with Crippen LogP contribution in [0.2, 0.25) is 0 Å². The Bertz CT molecular complexity index is 328. The molecule has 0 aliphatic heterocycles. The lowest BCUT2D eigenvalue weighted by Crippen LogP contribution is -1.90. The van der Waals surface area contributed by atoms with Gasteiger partial charge in [0.2, 0.25) is 0 Å². The predicted molar refractivity (Wildman–Crippen MR) is 92.0 cm³/mol. The number of thioether (sulfide) groups is 4. The molecule has 1 aromatic rings. The zero-order chi connectivity index (χ0) is 13.4. The van der Waals surface area contributed by atoms with E-state index in [2.05, 4.69) is 39.8 Å². The van der Waals surface area contributed by atoms with Crippen LogP contribution in [-0.2, 0) is 0 Å². The second-order valence-corrected chi connectivity index (χ2v) is 8.61. The van der Waals surface area contributed by atoms with E-state index >= 15 is 0 Å². The normalized spacial score (nSPS) is 10.9. The third-order valence-electron chi connectivity index (χ3n) is 2.22. The van der Waals surface area contributed by atoms with E-state index in [0.29, 0.717) is 0 Å². The molecule has 0 aliphatic rings. The zero-order valence-corrected chi connectivity index (χ0v) is 14.9. The van der Waals surface area contributed by atoms with Crippen LogP contribution in [0.5, 0.6) is 0 Å². The molecule has 0 aliphatic carbocycles. The van der Waals surface area contributed by atoms with Gasteiger partial charge < -0.3 is 0 Å². The van der Waals surface area contributed by atoms with Gasteiger partial charge in [0.1, 0.15) is 0 Å². The minimum atomic E-state index is 1.15. The van der Waals surface area contributed by atoms with Crippen molar-refractivity contribution in [2.75, 3.05) is 23.0 Å². The number of rotatable bonds is 8. The summed E-state index contributed by atoms with van der Waals surface area (Å²) in [5, 5.41) is 0. The third kappa shape index (κ3) is 4.62. The first-order valence-electron chi connectivity index (χ1n) is 6.46. The van der Waals surface area contributed by atoms with E-state index in [4.69, 9.17) is 0 Å². The van der Waals surface area contributed by atoms with Crippen molar-refractivity contribution in [1.82, 2.24) is 0 Å². The summed E-state index contributed by atoms with van der Waals surface area (Å²) in [6.07, 6.45) is 0. The summed E-state index contributed by atoms with van der Waals surface area (Å²) in [5.74, 6) is 4.59. The van der Waals surface area contributed by atoms with E-state index in [1.165, 1.54) is 19.6 Å². The summed E-state index contributed by atoms with van der Waals surface area (Å²) >= 11 is 7.92. The van der Waals surface area contributed by atoms with Gasteiger partial charge in [-0.15, -0.1) is 47.0 Å². The van der Waals surface area contributed by atoms with Gasteiger partial charge in [-0.3, -0.25) is 0 Å². The lowest BCUT2D eigenvalue weighted by Gasteiger charge is -2.16. The number of benzene rings is 1. The number of hydrogen-bond acceptors (Lipinski definition) is 4. The summed E-state index contributed by atoms with van der Waals surface area (Å²) < 4.78 is 0. The Labute approximate surface area is 129 Å². The molecule has 0 saturated carbocycles. The van der Waals surface area contributed by atoms with Crippen molar-refractivity contribution < 1.29 is 0 Å². The Morgan fingerprint density at radius 1 is 0.611 bits per heavy atom. The van der Waals surface area contributed by atoms with Crippen LogP contribution in [0.4, 0.5) is 0 Å². The number of hydrogen-bond donors (Lipinski definition) is 0. The van der Waals surface area contributed by atoms with Gasteiger partial charge in [0, 0.05) is 19.6 Å². The van der Waals surface area contributed by atoms with E-state index in [1.54, 1.807) is 0 Å². The van der Waals surface area contributed by atoms with Crippen LogP contribution >= 0.6 is 47.0 Å². The molecule has 0 bridgehead atoms. The van der Waals surface area contributed by atoms with Crippen molar-refractivity contribution in [2.45, 2.75) is 47.3 Å². The second-order valence-electron chi connectivity index (χ2n) is 3.45. The Morgan fingerprint density at radius 3 is 1.22 bits per heavy atom. The van der Waals surface area contributed by atoms with Crippen molar-refractivity contribution in [2.24, 2.45) is 0 Å². The van der Waals surface area contributed by atoms with Crippen LogP contribution in [0.1, 0.15) is 27.7 Å². The van der Waals surface area contributed by atoms with Gasteiger partial charge in [-0.25, -0.2) is 0 Å². The van der Waals surface area contributed by atoms with Crippen molar-refractivity contribution in [3.63, 3.8) is 0 Å². The van der Waals surface area contributed by atoms with Crippen molar-refractivity contribution in [3.05, 3.63) is 12.1 Å². The summed E-state index contributed by atoms with van der Waals surface area (Å²) in [7, 11) is 0. The molecule has 0 atom stereocenters. The summed E-state index contributed by atoms with van der Waals surface area (Å²) in [5.41, 5.74) is 0. The fourth-order valence-electron chi connectivity index (χ4n) is 1.63. The van der Waals surface area contributed by atoms with Gasteiger partial charge in [0.15, 0.2) is 0 Å². The van der Waals surface area contributed by atoms with E-state index in [0.717, 1.165) is 23.0 Å². The van der Waals surface area contributed by atoms with E-state index in [-0.39, 0.29) is 0 Å². The molecule has 1 aromatic carbocycles.